The largest absolute Gasteiger partial charge is 0.339 e. The molecule has 0 bridgehead atoms. The Bertz CT molecular complexity index is 434. The summed E-state index contributed by atoms with van der Waals surface area (Å²) in [7, 11) is 0. The second-order valence-corrected chi connectivity index (χ2v) is 7.55. The van der Waals surface area contributed by atoms with Gasteiger partial charge < -0.3 is 4.52 Å². The number of carbonyl (C=O) groups excluding carboxylic acids is 1. The van der Waals surface area contributed by atoms with Gasteiger partial charge in [-0.05, 0) is 6.42 Å². The zero-order chi connectivity index (χ0) is 13.8. The van der Waals surface area contributed by atoms with Gasteiger partial charge >= 0.3 is 0 Å². The third-order valence-electron chi connectivity index (χ3n) is 3.16. The molecule has 1 aliphatic heterocycles. The van der Waals surface area contributed by atoms with Crippen molar-refractivity contribution in [2.24, 2.45) is 5.92 Å². The average molecular weight is 300 g/mol. The van der Waals surface area contributed by atoms with Crippen LogP contribution in [0.5, 0.6) is 0 Å². The van der Waals surface area contributed by atoms with Crippen LogP contribution in [0.1, 0.15) is 44.2 Å². The number of carbonyl (C=O) groups is 1. The van der Waals surface area contributed by atoms with Crippen LogP contribution in [0.2, 0.25) is 0 Å². The molecule has 0 saturated carbocycles. The molecule has 1 aromatic heterocycles. The molecule has 1 aromatic rings. The van der Waals surface area contributed by atoms with E-state index in [9.17, 15) is 4.79 Å². The quantitative estimate of drug-likeness (QED) is 0.832. The third kappa shape index (κ3) is 3.75. The summed E-state index contributed by atoms with van der Waals surface area (Å²) in [6.07, 6.45) is 1.36. The standard InChI is InChI=1S/C13H20N2O2S2/c1-4-10-12(19-6-5-18-10)13-14-11(17-15-13)7-9(16)8(2)3/h8,10,12H,4-7H2,1-3H3. The first kappa shape index (κ1) is 14.9. The second-order valence-electron chi connectivity index (χ2n) is 4.95. The molecule has 0 aromatic carbocycles. The van der Waals surface area contributed by atoms with Gasteiger partial charge in [0.25, 0.3) is 0 Å². The molecule has 6 heteroatoms. The normalized spacial score (nSPS) is 23.8. The van der Waals surface area contributed by atoms with E-state index in [1.807, 2.05) is 37.4 Å². The van der Waals surface area contributed by atoms with E-state index >= 15 is 0 Å². The topological polar surface area (TPSA) is 56.0 Å². The predicted molar refractivity (Wildman–Crippen MR) is 79.6 cm³/mol. The third-order valence-corrected chi connectivity index (χ3v) is 6.40. The number of hydrogen-bond acceptors (Lipinski definition) is 6. The van der Waals surface area contributed by atoms with E-state index in [0.717, 1.165) is 18.0 Å². The van der Waals surface area contributed by atoms with Crippen LogP contribution in [-0.2, 0) is 11.2 Å². The monoisotopic (exact) mass is 300 g/mol. The summed E-state index contributed by atoms with van der Waals surface area (Å²) in [6.45, 7) is 5.97. The molecule has 1 saturated heterocycles. The number of thioether (sulfide) groups is 2. The summed E-state index contributed by atoms with van der Waals surface area (Å²) < 4.78 is 5.23. The van der Waals surface area contributed by atoms with Crippen molar-refractivity contribution in [2.75, 3.05) is 11.5 Å². The highest BCUT2D eigenvalue weighted by Gasteiger charge is 2.30. The minimum atomic E-state index is 0.0124. The van der Waals surface area contributed by atoms with Crippen LogP contribution in [0.4, 0.5) is 0 Å². The number of ketones is 1. The lowest BCUT2D eigenvalue weighted by molar-refractivity contribution is -0.121. The fourth-order valence-corrected chi connectivity index (χ4v) is 4.93. The van der Waals surface area contributed by atoms with E-state index in [1.165, 1.54) is 5.75 Å². The van der Waals surface area contributed by atoms with Gasteiger partial charge in [0.2, 0.25) is 5.89 Å². The summed E-state index contributed by atoms with van der Waals surface area (Å²) in [4.78, 5) is 16.1. The number of aromatic nitrogens is 2. The van der Waals surface area contributed by atoms with Gasteiger partial charge in [-0.25, -0.2) is 0 Å². The highest BCUT2D eigenvalue weighted by Crippen LogP contribution is 2.42. The first-order valence-corrected chi connectivity index (χ1v) is 8.80. The molecule has 0 amide bonds. The molecule has 1 fully saturated rings. The van der Waals surface area contributed by atoms with Gasteiger partial charge in [-0.3, -0.25) is 4.79 Å². The number of Topliss-reactive ketones (excluding diaryl/α,β-unsaturated/α-hetero) is 1. The summed E-state index contributed by atoms with van der Waals surface area (Å²) >= 11 is 3.88. The highest BCUT2D eigenvalue weighted by molar-refractivity contribution is 8.06. The van der Waals surface area contributed by atoms with Crippen LogP contribution in [0.15, 0.2) is 4.52 Å². The molecule has 4 nitrogen and oxygen atoms in total. The van der Waals surface area contributed by atoms with Crippen molar-refractivity contribution in [3.63, 3.8) is 0 Å². The van der Waals surface area contributed by atoms with E-state index in [1.54, 1.807) is 0 Å². The molecule has 2 unspecified atom stereocenters. The Hall–Kier alpha value is -0.490. The van der Waals surface area contributed by atoms with Gasteiger partial charge in [-0.2, -0.15) is 16.7 Å². The number of nitrogens with zero attached hydrogens (tertiary/aromatic N) is 2. The van der Waals surface area contributed by atoms with E-state index in [2.05, 4.69) is 17.1 Å². The fourth-order valence-electron chi connectivity index (χ4n) is 1.95. The molecular weight excluding hydrogens is 280 g/mol. The molecule has 0 spiro atoms. The van der Waals surface area contributed by atoms with Gasteiger partial charge in [-0.1, -0.05) is 25.9 Å². The van der Waals surface area contributed by atoms with Crippen molar-refractivity contribution in [1.82, 2.24) is 10.1 Å². The van der Waals surface area contributed by atoms with Gasteiger partial charge in [0.15, 0.2) is 5.82 Å². The average Bonchev–Trinajstić information content (AvgIpc) is 2.86. The Labute approximate surface area is 122 Å². The summed E-state index contributed by atoms with van der Waals surface area (Å²) in [6, 6.07) is 0. The first-order chi connectivity index (χ1) is 9.11. The van der Waals surface area contributed by atoms with Crippen LogP contribution in [0.3, 0.4) is 0 Å². The van der Waals surface area contributed by atoms with E-state index < -0.39 is 0 Å². The van der Waals surface area contributed by atoms with Crippen molar-refractivity contribution in [3.05, 3.63) is 11.7 Å². The molecule has 2 heterocycles. The Morgan fingerprint density at radius 3 is 2.84 bits per heavy atom. The lowest BCUT2D eigenvalue weighted by Crippen LogP contribution is -2.19. The molecule has 19 heavy (non-hydrogen) atoms. The van der Waals surface area contributed by atoms with Crippen LogP contribution in [0.25, 0.3) is 0 Å². The van der Waals surface area contributed by atoms with E-state index in [0.29, 0.717) is 16.4 Å². The van der Waals surface area contributed by atoms with E-state index in [-0.39, 0.29) is 18.1 Å². The zero-order valence-electron chi connectivity index (χ0n) is 11.6. The van der Waals surface area contributed by atoms with Crippen molar-refractivity contribution >= 4 is 29.3 Å². The van der Waals surface area contributed by atoms with Crippen LogP contribution >= 0.6 is 23.5 Å². The van der Waals surface area contributed by atoms with Crippen LogP contribution in [-0.4, -0.2) is 32.7 Å². The summed E-state index contributed by atoms with van der Waals surface area (Å²) in [5.41, 5.74) is 0. The number of rotatable bonds is 5. The molecule has 0 radical (unpaired) electrons. The summed E-state index contributed by atoms with van der Waals surface area (Å²) in [5.74, 6) is 3.69. The van der Waals surface area contributed by atoms with Crippen molar-refractivity contribution in [3.8, 4) is 0 Å². The maximum atomic E-state index is 11.7. The molecule has 2 rings (SSSR count). The zero-order valence-corrected chi connectivity index (χ0v) is 13.2. The Morgan fingerprint density at radius 2 is 2.16 bits per heavy atom. The Kier molecular flexibility index (Phi) is 5.33. The minimum absolute atomic E-state index is 0.0124. The number of hydrogen-bond donors (Lipinski definition) is 0. The van der Waals surface area contributed by atoms with Crippen LogP contribution in [0, 0.1) is 5.92 Å². The van der Waals surface area contributed by atoms with Crippen LogP contribution < -0.4 is 0 Å². The maximum Gasteiger partial charge on any atom is 0.234 e. The fraction of sp³-hybridized carbons (Fsp3) is 0.769. The van der Waals surface area contributed by atoms with E-state index in [4.69, 9.17) is 4.52 Å². The molecule has 2 atom stereocenters. The smallest absolute Gasteiger partial charge is 0.234 e. The molecular formula is C13H20N2O2S2. The minimum Gasteiger partial charge on any atom is -0.339 e. The van der Waals surface area contributed by atoms with Gasteiger partial charge in [0.05, 0.1) is 11.7 Å². The Morgan fingerprint density at radius 1 is 1.42 bits per heavy atom. The first-order valence-electron chi connectivity index (χ1n) is 6.70. The van der Waals surface area contributed by atoms with Gasteiger partial charge in [-0.15, -0.1) is 11.8 Å². The van der Waals surface area contributed by atoms with Crippen molar-refractivity contribution in [1.29, 1.82) is 0 Å². The SMILES string of the molecule is CCC1SCCSC1c1noc(CC(=O)C(C)C)n1. The summed E-state index contributed by atoms with van der Waals surface area (Å²) in [5, 5.41) is 4.93. The van der Waals surface area contributed by atoms with Crippen molar-refractivity contribution in [2.45, 2.75) is 44.1 Å². The predicted octanol–water partition coefficient (Wildman–Crippen LogP) is 3.14. The van der Waals surface area contributed by atoms with Crippen molar-refractivity contribution < 1.29 is 9.32 Å². The molecule has 1 aliphatic rings. The molecule has 0 N–H and O–H groups in total. The lowest BCUT2D eigenvalue weighted by atomic mass is 10.1. The van der Waals surface area contributed by atoms with Gasteiger partial charge in [0.1, 0.15) is 5.78 Å². The lowest BCUT2D eigenvalue weighted by Gasteiger charge is -2.27. The second kappa shape index (κ2) is 6.79. The highest BCUT2D eigenvalue weighted by atomic mass is 32.2. The Balaban J connectivity index is 2.05. The molecule has 0 aliphatic carbocycles. The van der Waals surface area contributed by atoms with Gasteiger partial charge in [0, 0.05) is 22.7 Å². The maximum absolute atomic E-state index is 11.7. The molecule has 106 valence electrons.